The molecule has 0 saturated heterocycles. The van der Waals surface area contributed by atoms with Crippen molar-refractivity contribution in [1.29, 1.82) is 0 Å². The molecule has 0 spiro atoms. The van der Waals surface area contributed by atoms with Gasteiger partial charge in [-0.2, -0.15) is 0 Å². The lowest BCUT2D eigenvalue weighted by atomic mass is 10.0. The number of aliphatic hydroxyl groups is 1. The van der Waals surface area contributed by atoms with Crippen molar-refractivity contribution in [3.63, 3.8) is 0 Å². The molecule has 1 atom stereocenters. The molecule has 0 bridgehead atoms. The molecular weight excluding hydrogens is 216 g/mol. The molecule has 0 aromatic rings. The smallest absolute Gasteiger partial charge is 0.224 e. The Morgan fingerprint density at radius 1 is 1.29 bits per heavy atom. The summed E-state index contributed by atoms with van der Waals surface area (Å²) in [5.74, 6) is 0.366. The molecule has 0 aliphatic rings. The van der Waals surface area contributed by atoms with Gasteiger partial charge in [-0.15, -0.1) is 0 Å². The van der Waals surface area contributed by atoms with E-state index >= 15 is 0 Å². The van der Waals surface area contributed by atoms with E-state index in [4.69, 9.17) is 10.8 Å². The van der Waals surface area contributed by atoms with Crippen LogP contribution in [-0.4, -0.2) is 41.1 Å². The number of nitrogens with zero attached hydrogens (tertiary/aromatic N) is 1. The third kappa shape index (κ3) is 5.50. The van der Waals surface area contributed by atoms with E-state index in [1.54, 1.807) is 4.90 Å². The van der Waals surface area contributed by atoms with Crippen LogP contribution in [0, 0.1) is 5.92 Å². The zero-order valence-electron chi connectivity index (χ0n) is 11.6. The van der Waals surface area contributed by atoms with Crippen molar-refractivity contribution in [2.45, 2.75) is 59.0 Å². The maximum absolute atomic E-state index is 12.1. The molecule has 0 aromatic carbocycles. The van der Waals surface area contributed by atoms with Gasteiger partial charge in [-0.25, -0.2) is 0 Å². The molecule has 0 saturated carbocycles. The van der Waals surface area contributed by atoms with Crippen molar-refractivity contribution in [1.82, 2.24) is 4.90 Å². The standard InChI is InChI=1S/C13H28N2O2/c1-5-11(6-2)15(7-8-16)13(17)9-12(14)10(3)4/h10-12,16H,5-9,14H2,1-4H3. The van der Waals surface area contributed by atoms with E-state index in [-0.39, 0.29) is 24.6 Å². The van der Waals surface area contributed by atoms with Crippen LogP contribution in [0.1, 0.15) is 47.0 Å². The molecule has 0 radical (unpaired) electrons. The average molecular weight is 244 g/mol. The fourth-order valence-corrected chi connectivity index (χ4v) is 1.90. The van der Waals surface area contributed by atoms with Crippen LogP contribution in [0.2, 0.25) is 0 Å². The van der Waals surface area contributed by atoms with Crippen molar-refractivity contribution in [2.24, 2.45) is 11.7 Å². The van der Waals surface area contributed by atoms with Gasteiger partial charge < -0.3 is 15.7 Å². The van der Waals surface area contributed by atoms with Crippen LogP contribution >= 0.6 is 0 Å². The minimum atomic E-state index is -0.0990. The van der Waals surface area contributed by atoms with Crippen LogP contribution < -0.4 is 5.73 Å². The minimum Gasteiger partial charge on any atom is -0.395 e. The average Bonchev–Trinajstić information content (AvgIpc) is 2.29. The Balaban J connectivity index is 4.53. The van der Waals surface area contributed by atoms with Gasteiger partial charge in [0.1, 0.15) is 0 Å². The Labute approximate surface area is 105 Å². The summed E-state index contributed by atoms with van der Waals surface area (Å²) < 4.78 is 0. The Kier molecular flexibility index (Phi) is 8.17. The lowest BCUT2D eigenvalue weighted by Crippen LogP contribution is -2.44. The van der Waals surface area contributed by atoms with Crippen molar-refractivity contribution >= 4 is 5.91 Å². The fourth-order valence-electron chi connectivity index (χ4n) is 1.90. The molecule has 1 amide bonds. The van der Waals surface area contributed by atoms with Gasteiger partial charge in [-0.3, -0.25) is 4.79 Å². The molecule has 0 aliphatic heterocycles. The van der Waals surface area contributed by atoms with Crippen molar-refractivity contribution in [2.75, 3.05) is 13.2 Å². The van der Waals surface area contributed by atoms with Gasteiger partial charge in [0.15, 0.2) is 0 Å². The highest BCUT2D eigenvalue weighted by Gasteiger charge is 2.23. The van der Waals surface area contributed by atoms with E-state index < -0.39 is 0 Å². The first kappa shape index (κ1) is 16.4. The van der Waals surface area contributed by atoms with Crippen LogP contribution in [0.3, 0.4) is 0 Å². The van der Waals surface area contributed by atoms with E-state index in [2.05, 4.69) is 13.8 Å². The first-order chi connectivity index (χ1) is 7.97. The topological polar surface area (TPSA) is 66.6 Å². The van der Waals surface area contributed by atoms with Gasteiger partial charge in [0.05, 0.1) is 6.61 Å². The summed E-state index contributed by atoms with van der Waals surface area (Å²) in [6.45, 7) is 8.59. The van der Waals surface area contributed by atoms with E-state index in [1.807, 2.05) is 13.8 Å². The molecule has 102 valence electrons. The molecule has 3 N–H and O–H groups in total. The third-order valence-corrected chi connectivity index (χ3v) is 3.31. The summed E-state index contributed by atoms with van der Waals surface area (Å²) in [5, 5.41) is 9.04. The Hall–Kier alpha value is -0.610. The summed E-state index contributed by atoms with van der Waals surface area (Å²) in [5.41, 5.74) is 5.92. The second kappa shape index (κ2) is 8.48. The molecule has 4 heteroatoms. The summed E-state index contributed by atoms with van der Waals surface area (Å²) in [6, 6.07) is 0.118. The maximum atomic E-state index is 12.1. The monoisotopic (exact) mass is 244 g/mol. The number of carbonyl (C=O) groups excluding carboxylic acids is 1. The van der Waals surface area contributed by atoms with E-state index in [0.717, 1.165) is 12.8 Å². The van der Waals surface area contributed by atoms with Gasteiger partial charge in [-0.1, -0.05) is 27.7 Å². The van der Waals surface area contributed by atoms with Crippen LogP contribution in [0.5, 0.6) is 0 Å². The number of amides is 1. The van der Waals surface area contributed by atoms with Crippen molar-refractivity contribution in [3.05, 3.63) is 0 Å². The van der Waals surface area contributed by atoms with Gasteiger partial charge in [0.2, 0.25) is 5.91 Å². The summed E-state index contributed by atoms with van der Waals surface area (Å²) >= 11 is 0. The van der Waals surface area contributed by atoms with E-state index in [0.29, 0.717) is 18.9 Å². The highest BCUT2D eigenvalue weighted by Crippen LogP contribution is 2.12. The van der Waals surface area contributed by atoms with Crippen LogP contribution in [0.25, 0.3) is 0 Å². The first-order valence-electron chi connectivity index (χ1n) is 6.63. The van der Waals surface area contributed by atoms with Gasteiger partial charge in [-0.05, 0) is 18.8 Å². The predicted molar refractivity (Wildman–Crippen MR) is 70.6 cm³/mol. The molecule has 17 heavy (non-hydrogen) atoms. The summed E-state index contributed by atoms with van der Waals surface area (Å²) in [7, 11) is 0. The lowest BCUT2D eigenvalue weighted by Gasteiger charge is -2.31. The quantitative estimate of drug-likeness (QED) is 0.677. The van der Waals surface area contributed by atoms with Crippen LogP contribution in [0.15, 0.2) is 0 Å². The number of carbonyl (C=O) groups is 1. The number of hydrogen-bond acceptors (Lipinski definition) is 3. The number of hydrogen-bond donors (Lipinski definition) is 2. The summed E-state index contributed by atoms with van der Waals surface area (Å²) in [6.07, 6.45) is 2.20. The highest BCUT2D eigenvalue weighted by molar-refractivity contribution is 5.77. The van der Waals surface area contributed by atoms with E-state index in [9.17, 15) is 4.79 Å². The number of rotatable bonds is 8. The van der Waals surface area contributed by atoms with Gasteiger partial charge >= 0.3 is 0 Å². The Bertz CT molecular complexity index is 215. The normalized spacial score (nSPS) is 13.2. The second-order valence-electron chi connectivity index (χ2n) is 4.89. The van der Waals surface area contributed by atoms with Gasteiger partial charge in [0.25, 0.3) is 0 Å². The van der Waals surface area contributed by atoms with E-state index in [1.165, 1.54) is 0 Å². The molecule has 0 fully saturated rings. The largest absolute Gasteiger partial charge is 0.395 e. The number of aliphatic hydroxyl groups excluding tert-OH is 1. The minimum absolute atomic E-state index is 0.0131. The van der Waals surface area contributed by atoms with Gasteiger partial charge in [0, 0.05) is 25.0 Å². The zero-order chi connectivity index (χ0) is 13.4. The predicted octanol–water partition coefficient (Wildman–Crippen LogP) is 1.37. The highest BCUT2D eigenvalue weighted by atomic mass is 16.3. The molecule has 0 aliphatic carbocycles. The third-order valence-electron chi connectivity index (χ3n) is 3.31. The van der Waals surface area contributed by atoms with Crippen molar-refractivity contribution < 1.29 is 9.90 Å². The van der Waals surface area contributed by atoms with Crippen LogP contribution in [-0.2, 0) is 4.79 Å². The molecule has 0 heterocycles. The molecule has 0 rings (SSSR count). The molecule has 0 aromatic heterocycles. The molecular formula is C13H28N2O2. The maximum Gasteiger partial charge on any atom is 0.224 e. The fraction of sp³-hybridized carbons (Fsp3) is 0.923. The SMILES string of the molecule is CCC(CC)N(CCO)C(=O)CC(N)C(C)C. The first-order valence-corrected chi connectivity index (χ1v) is 6.63. The molecule has 1 unspecified atom stereocenters. The zero-order valence-corrected chi connectivity index (χ0v) is 11.6. The second-order valence-corrected chi connectivity index (χ2v) is 4.89. The molecule has 4 nitrogen and oxygen atoms in total. The Morgan fingerprint density at radius 2 is 1.82 bits per heavy atom. The van der Waals surface area contributed by atoms with Crippen LogP contribution in [0.4, 0.5) is 0 Å². The Morgan fingerprint density at radius 3 is 2.18 bits per heavy atom. The summed E-state index contributed by atoms with van der Waals surface area (Å²) in [4.78, 5) is 13.9. The number of nitrogens with two attached hydrogens (primary N) is 1. The lowest BCUT2D eigenvalue weighted by molar-refractivity contribution is -0.134. The van der Waals surface area contributed by atoms with Crippen molar-refractivity contribution in [3.8, 4) is 0 Å².